The molecule has 0 aromatic heterocycles. The van der Waals surface area contributed by atoms with Crippen LogP contribution in [0.5, 0.6) is 11.5 Å². The van der Waals surface area contributed by atoms with E-state index >= 15 is 0 Å². The summed E-state index contributed by atoms with van der Waals surface area (Å²) in [6.07, 6.45) is 1.97. The molecule has 1 aliphatic heterocycles. The highest BCUT2D eigenvalue weighted by molar-refractivity contribution is 5.93. The summed E-state index contributed by atoms with van der Waals surface area (Å²) in [6, 6.07) is 3.69. The molecule has 0 amide bonds. The first-order valence-electron chi connectivity index (χ1n) is 8.52. The second kappa shape index (κ2) is 8.77. The number of nitrogens with one attached hydrogen (secondary N) is 1. The molecule has 0 spiro atoms. The molecule has 1 aromatic rings. The molecule has 2 rings (SSSR count). The largest absolute Gasteiger partial charge is 0.494 e. The standard InChI is InChI=1S/C18H27NO4/c1-4-21-14-11-15(18(20)23-6-3)17(16(12-14)22-5-2)13-7-9-19-10-8-13/h11-13,19H,4-10H2,1-3H3. The molecule has 0 saturated carbocycles. The van der Waals surface area contributed by atoms with Crippen molar-refractivity contribution in [3.8, 4) is 11.5 Å². The van der Waals surface area contributed by atoms with Gasteiger partial charge in [0.2, 0.25) is 0 Å². The van der Waals surface area contributed by atoms with Gasteiger partial charge in [0, 0.05) is 11.6 Å². The molecule has 23 heavy (non-hydrogen) atoms. The lowest BCUT2D eigenvalue weighted by Gasteiger charge is -2.27. The van der Waals surface area contributed by atoms with E-state index in [0.717, 1.165) is 37.2 Å². The summed E-state index contributed by atoms with van der Waals surface area (Å²) in [4.78, 5) is 12.5. The average molecular weight is 321 g/mol. The van der Waals surface area contributed by atoms with Gasteiger partial charge in [-0.1, -0.05) is 0 Å². The number of piperidine rings is 1. The Morgan fingerprint density at radius 3 is 2.39 bits per heavy atom. The topological polar surface area (TPSA) is 56.8 Å². The van der Waals surface area contributed by atoms with Gasteiger partial charge in [-0.2, -0.15) is 0 Å². The Hall–Kier alpha value is -1.75. The fraction of sp³-hybridized carbons (Fsp3) is 0.611. The highest BCUT2D eigenvalue weighted by Crippen LogP contribution is 2.39. The molecule has 0 atom stereocenters. The number of ether oxygens (including phenoxy) is 3. The minimum absolute atomic E-state index is 0.299. The Morgan fingerprint density at radius 1 is 1.09 bits per heavy atom. The van der Waals surface area contributed by atoms with Crippen molar-refractivity contribution in [2.45, 2.75) is 39.5 Å². The van der Waals surface area contributed by atoms with Crippen molar-refractivity contribution in [1.29, 1.82) is 0 Å². The van der Waals surface area contributed by atoms with Crippen LogP contribution < -0.4 is 14.8 Å². The van der Waals surface area contributed by atoms with Crippen LogP contribution >= 0.6 is 0 Å². The molecule has 5 nitrogen and oxygen atoms in total. The van der Waals surface area contributed by atoms with Crippen LogP contribution in [-0.2, 0) is 4.74 Å². The smallest absolute Gasteiger partial charge is 0.338 e. The fourth-order valence-corrected chi connectivity index (χ4v) is 3.04. The monoisotopic (exact) mass is 321 g/mol. The van der Waals surface area contributed by atoms with Gasteiger partial charge in [0.05, 0.1) is 25.4 Å². The quantitative estimate of drug-likeness (QED) is 0.782. The zero-order valence-electron chi connectivity index (χ0n) is 14.3. The second-order valence-electron chi connectivity index (χ2n) is 5.49. The van der Waals surface area contributed by atoms with Gasteiger partial charge in [-0.3, -0.25) is 0 Å². The van der Waals surface area contributed by atoms with Crippen molar-refractivity contribution in [3.63, 3.8) is 0 Å². The zero-order valence-corrected chi connectivity index (χ0v) is 14.3. The van der Waals surface area contributed by atoms with Gasteiger partial charge in [-0.05, 0) is 58.7 Å². The number of hydrogen-bond donors (Lipinski definition) is 1. The molecule has 0 bridgehead atoms. The Morgan fingerprint density at radius 2 is 1.78 bits per heavy atom. The fourth-order valence-electron chi connectivity index (χ4n) is 3.04. The lowest BCUT2D eigenvalue weighted by atomic mass is 9.86. The summed E-state index contributed by atoms with van der Waals surface area (Å²) >= 11 is 0. The van der Waals surface area contributed by atoms with E-state index in [9.17, 15) is 4.79 Å². The van der Waals surface area contributed by atoms with E-state index < -0.39 is 0 Å². The molecule has 1 fully saturated rings. The van der Waals surface area contributed by atoms with Crippen molar-refractivity contribution < 1.29 is 19.0 Å². The molecule has 1 N–H and O–H groups in total. The lowest BCUT2D eigenvalue weighted by molar-refractivity contribution is 0.0523. The molecule has 128 valence electrons. The Balaban J connectivity index is 2.49. The molecule has 1 heterocycles. The molecule has 1 aliphatic rings. The first-order valence-corrected chi connectivity index (χ1v) is 8.52. The third-order valence-electron chi connectivity index (χ3n) is 3.97. The molecule has 1 aromatic carbocycles. The lowest BCUT2D eigenvalue weighted by Crippen LogP contribution is -2.28. The maximum atomic E-state index is 12.5. The number of carbonyl (C=O) groups excluding carboxylic acids is 1. The second-order valence-corrected chi connectivity index (χ2v) is 5.49. The summed E-state index contributed by atoms with van der Waals surface area (Å²) in [6.45, 7) is 9.04. The number of hydrogen-bond acceptors (Lipinski definition) is 5. The molecular weight excluding hydrogens is 294 g/mol. The summed E-state index contributed by atoms with van der Waals surface area (Å²) in [5, 5.41) is 3.36. The predicted octanol–water partition coefficient (Wildman–Crippen LogP) is 3.13. The van der Waals surface area contributed by atoms with Crippen LogP contribution in [0.2, 0.25) is 0 Å². The van der Waals surface area contributed by atoms with Gasteiger partial charge >= 0.3 is 5.97 Å². The minimum atomic E-state index is -0.302. The summed E-state index contributed by atoms with van der Waals surface area (Å²) in [5.41, 5.74) is 1.54. The van der Waals surface area contributed by atoms with E-state index in [2.05, 4.69) is 5.32 Å². The Labute approximate surface area is 138 Å². The van der Waals surface area contributed by atoms with Crippen LogP contribution in [0.3, 0.4) is 0 Å². The van der Waals surface area contributed by atoms with Gasteiger partial charge in [0.15, 0.2) is 0 Å². The van der Waals surface area contributed by atoms with Gasteiger partial charge < -0.3 is 19.5 Å². The van der Waals surface area contributed by atoms with Crippen molar-refractivity contribution in [2.75, 3.05) is 32.9 Å². The van der Waals surface area contributed by atoms with E-state index in [1.54, 1.807) is 6.07 Å². The highest BCUT2D eigenvalue weighted by Gasteiger charge is 2.27. The van der Waals surface area contributed by atoms with Gasteiger partial charge in [-0.15, -0.1) is 0 Å². The zero-order chi connectivity index (χ0) is 16.7. The van der Waals surface area contributed by atoms with Crippen molar-refractivity contribution >= 4 is 5.97 Å². The molecule has 1 saturated heterocycles. The van der Waals surface area contributed by atoms with E-state index in [4.69, 9.17) is 14.2 Å². The van der Waals surface area contributed by atoms with Crippen molar-refractivity contribution in [2.24, 2.45) is 0 Å². The SMILES string of the molecule is CCOC(=O)c1cc(OCC)cc(OCC)c1C1CCNCC1. The van der Waals surface area contributed by atoms with Gasteiger partial charge in [0.1, 0.15) is 11.5 Å². The number of carbonyl (C=O) groups is 1. The van der Waals surface area contributed by atoms with Crippen LogP contribution in [0, 0.1) is 0 Å². The van der Waals surface area contributed by atoms with E-state index in [0.29, 0.717) is 37.1 Å². The summed E-state index contributed by atoms with van der Waals surface area (Å²) in [5.74, 6) is 1.39. The highest BCUT2D eigenvalue weighted by atomic mass is 16.5. The Bertz CT molecular complexity index is 524. The van der Waals surface area contributed by atoms with Crippen LogP contribution in [0.1, 0.15) is 55.5 Å². The summed E-state index contributed by atoms with van der Waals surface area (Å²) < 4.78 is 16.7. The number of esters is 1. The summed E-state index contributed by atoms with van der Waals surface area (Å²) in [7, 11) is 0. The normalized spacial score (nSPS) is 15.3. The maximum Gasteiger partial charge on any atom is 0.338 e. The molecule has 5 heteroatoms. The van der Waals surface area contributed by atoms with Crippen molar-refractivity contribution in [1.82, 2.24) is 5.32 Å². The third-order valence-corrected chi connectivity index (χ3v) is 3.97. The number of rotatable bonds is 7. The number of benzene rings is 1. The van der Waals surface area contributed by atoms with E-state index in [1.807, 2.05) is 26.8 Å². The molecular formula is C18H27NO4. The van der Waals surface area contributed by atoms with Crippen LogP contribution in [0.15, 0.2) is 12.1 Å². The van der Waals surface area contributed by atoms with Crippen LogP contribution in [0.4, 0.5) is 0 Å². The molecule has 0 radical (unpaired) electrons. The predicted molar refractivity (Wildman–Crippen MR) is 89.6 cm³/mol. The molecule has 0 unspecified atom stereocenters. The van der Waals surface area contributed by atoms with Crippen LogP contribution in [-0.4, -0.2) is 38.9 Å². The van der Waals surface area contributed by atoms with Gasteiger partial charge in [0.25, 0.3) is 0 Å². The van der Waals surface area contributed by atoms with Gasteiger partial charge in [-0.25, -0.2) is 4.79 Å². The first kappa shape index (κ1) is 17.6. The van der Waals surface area contributed by atoms with E-state index in [1.165, 1.54) is 0 Å². The molecule has 0 aliphatic carbocycles. The average Bonchev–Trinajstić information content (AvgIpc) is 2.56. The Kier molecular flexibility index (Phi) is 6.71. The van der Waals surface area contributed by atoms with Crippen LogP contribution in [0.25, 0.3) is 0 Å². The van der Waals surface area contributed by atoms with E-state index in [-0.39, 0.29) is 5.97 Å². The minimum Gasteiger partial charge on any atom is -0.494 e. The first-order chi connectivity index (χ1) is 11.2. The van der Waals surface area contributed by atoms with Crippen molar-refractivity contribution in [3.05, 3.63) is 23.3 Å². The maximum absolute atomic E-state index is 12.5. The third kappa shape index (κ3) is 4.38.